The van der Waals surface area contributed by atoms with Crippen LogP contribution in [0.5, 0.6) is 0 Å². The summed E-state index contributed by atoms with van der Waals surface area (Å²) >= 11 is 3.45. The zero-order chi connectivity index (χ0) is 14.0. The lowest BCUT2D eigenvalue weighted by Crippen LogP contribution is -2.15. The normalized spacial score (nSPS) is 10.3. The minimum Gasteiger partial charge on any atom is -0.384 e. The zero-order valence-corrected chi connectivity index (χ0v) is 12.3. The predicted molar refractivity (Wildman–Crippen MR) is 80.2 cm³/mol. The highest BCUT2D eigenvalue weighted by Crippen LogP contribution is 2.28. The third-order valence-corrected chi connectivity index (χ3v) is 3.30. The molecule has 1 aromatic carbocycles. The quantitative estimate of drug-likeness (QED) is 0.892. The highest BCUT2D eigenvalue weighted by Gasteiger charge is 2.12. The molecular formula is C14H14BrN3O. The number of carbonyl (C=O) groups is 1. The second kappa shape index (κ2) is 5.40. The molecule has 0 aliphatic heterocycles. The lowest BCUT2D eigenvalue weighted by atomic mass is 10.1. The van der Waals surface area contributed by atoms with Crippen molar-refractivity contribution in [3.63, 3.8) is 0 Å². The monoisotopic (exact) mass is 319 g/mol. The van der Waals surface area contributed by atoms with Gasteiger partial charge in [-0.1, -0.05) is 12.1 Å². The number of anilines is 2. The molecule has 4 nitrogen and oxygen atoms in total. The van der Waals surface area contributed by atoms with Crippen LogP contribution < -0.4 is 11.1 Å². The van der Waals surface area contributed by atoms with Crippen LogP contribution in [0.25, 0.3) is 0 Å². The molecule has 0 saturated heterocycles. The number of nitrogens with two attached hydrogens (primary N) is 1. The van der Waals surface area contributed by atoms with E-state index in [1.54, 1.807) is 18.2 Å². The standard InChI is InChI=1S/C14H14BrN3O/c1-8-6-9(2)13(10(15)7-8)18-14(19)11-4-3-5-12(16)17-11/h3-7H,1-2H3,(H2,16,17)(H,18,19). The molecule has 0 saturated carbocycles. The van der Waals surface area contributed by atoms with E-state index < -0.39 is 0 Å². The first-order valence-electron chi connectivity index (χ1n) is 5.78. The number of amides is 1. The fourth-order valence-electron chi connectivity index (χ4n) is 1.83. The predicted octanol–water partition coefficient (Wildman–Crippen LogP) is 3.30. The van der Waals surface area contributed by atoms with Crippen molar-refractivity contribution >= 4 is 33.3 Å². The van der Waals surface area contributed by atoms with Crippen LogP contribution >= 0.6 is 15.9 Å². The second-order valence-electron chi connectivity index (χ2n) is 4.34. The molecule has 5 heteroatoms. The lowest BCUT2D eigenvalue weighted by molar-refractivity contribution is 0.102. The Hall–Kier alpha value is -1.88. The van der Waals surface area contributed by atoms with Gasteiger partial charge in [-0.3, -0.25) is 4.79 Å². The van der Waals surface area contributed by atoms with Gasteiger partial charge >= 0.3 is 0 Å². The average Bonchev–Trinajstić information content (AvgIpc) is 2.33. The van der Waals surface area contributed by atoms with Crippen LogP contribution in [0.2, 0.25) is 0 Å². The number of aromatic nitrogens is 1. The van der Waals surface area contributed by atoms with Gasteiger partial charge in [0.1, 0.15) is 11.5 Å². The van der Waals surface area contributed by atoms with E-state index in [9.17, 15) is 4.79 Å². The molecule has 98 valence electrons. The zero-order valence-electron chi connectivity index (χ0n) is 10.7. The Kier molecular flexibility index (Phi) is 3.85. The summed E-state index contributed by atoms with van der Waals surface area (Å²) in [6, 6.07) is 8.93. The third kappa shape index (κ3) is 3.12. The molecule has 0 unspecified atom stereocenters. The smallest absolute Gasteiger partial charge is 0.274 e. The second-order valence-corrected chi connectivity index (χ2v) is 5.19. The molecule has 0 radical (unpaired) electrons. The lowest BCUT2D eigenvalue weighted by Gasteiger charge is -2.11. The van der Waals surface area contributed by atoms with E-state index in [2.05, 4.69) is 26.2 Å². The van der Waals surface area contributed by atoms with E-state index in [1.165, 1.54) is 0 Å². The van der Waals surface area contributed by atoms with E-state index in [0.717, 1.165) is 21.3 Å². The highest BCUT2D eigenvalue weighted by atomic mass is 79.9. The third-order valence-electron chi connectivity index (χ3n) is 2.67. The van der Waals surface area contributed by atoms with Gasteiger partial charge in [-0.2, -0.15) is 0 Å². The van der Waals surface area contributed by atoms with Gasteiger partial charge in [0.05, 0.1) is 5.69 Å². The van der Waals surface area contributed by atoms with Crippen LogP contribution in [0.4, 0.5) is 11.5 Å². The van der Waals surface area contributed by atoms with Crippen molar-refractivity contribution in [3.8, 4) is 0 Å². The molecular weight excluding hydrogens is 306 g/mol. The summed E-state index contributed by atoms with van der Waals surface area (Å²) in [4.78, 5) is 16.1. The molecule has 1 heterocycles. The molecule has 0 fully saturated rings. The van der Waals surface area contributed by atoms with Crippen molar-refractivity contribution in [3.05, 3.63) is 51.6 Å². The van der Waals surface area contributed by atoms with Gasteiger partial charge < -0.3 is 11.1 Å². The van der Waals surface area contributed by atoms with Crippen LogP contribution in [0, 0.1) is 13.8 Å². The number of pyridine rings is 1. The molecule has 1 amide bonds. The van der Waals surface area contributed by atoms with Crippen LogP contribution in [0.1, 0.15) is 21.6 Å². The van der Waals surface area contributed by atoms with E-state index in [0.29, 0.717) is 11.5 Å². The SMILES string of the molecule is Cc1cc(C)c(NC(=O)c2cccc(N)n2)c(Br)c1. The molecule has 19 heavy (non-hydrogen) atoms. The topological polar surface area (TPSA) is 68.0 Å². The van der Waals surface area contributed by atoms with Crippen LogP contribution in [0.15, 0.2) is 34.8 Å². The average molecular weight is 320 g/mol. The number of nitrogens with one attached hydrogen (secondary N) is 1. The molecule has 3 N–H and O–H groups in total. The van der Waals surface area contributed by atoms with Crippen molar-refractivity contribution in [1.82, 2.24) is 4.98 Å². The highest BCUT2D eigenvalue weighted by molar-refractivity contribution is 9.10. The Bertz CT molecular complexity index is 617. The van der Waals surface area contributed by atoms with Crippen molar-refractivity contribution in [2.75, 3.05) is 11.1 Å². The Morgan fingerprint density at radius 2 is 2.05 bits per heavy atom. The Morgan fingerprint density at radius 3 is 2.68 bits per heavy atom. The van der Waals surface area contributed by atoms with E-state index in [-0.39, 0.29) is 5.91 Å². The molecule has 2 aromatic rings. The van der Waals surface area contributed by atoms with Crippen molar-refractivity contribution in [1.29, 1.82) is 0 Å². The minimum atomic E-state index is -0.278. The number of rotatable bonds is 2. The van der Waals surface area contributed by atoms with Gasteiger partial charge in [-0.15, -0.1) is 0 Å². The molecule has 0 aliphatic carbocycles. The van der Waals surface area contributed by atoms with Crippen LogP contribution in [0.3, 0.4) is 0 Å². The summed E-state index contributed by atoms with van der Waals surface area (Å²) in [7, 11) is 0. The summed E-state index contributed by atoms with van der Waals surface area (Å²) in [6.45, 7) is 3.95. The van der Waals surface area contributed by atoms with Gasteiger partial charge in [0.25, 0.3) is 5.91 Å². The van der Waals surface area contributed by atoms with E-state index >= 15 is 0 Å². The maximum absolute atomic E-state index is 12.1. The first-order chi connectivity index (χ1) is 8.97. The molecule has 0 spiro atoms. The molecule has 0 bridgehead atoms. The van der Waals surface area contributed by atoms with Gasteiger partial charge in [-0.25, -0.2) is 4.98 Å². The van der Waals surface area contributed by atoms with E-state index in [1.807, 2.05) is 26.0 Å². The number of aryl methyl sites for hydroxylation is 2. The number of nitrogens with zero attached hydrogens (tertiary/aromatic N) is 1. The molecule has 0 atom stereocenters. The first kappa shape index (κ1) is 13.5. The van der Waals surface area contributed by atoms with Gasteiger partial charge in [0.15, 0.2) is 0 Å². The van der Waals surface area contributed by atoms with Crippen LogP contribution in [-0.4, -0.2) is 10.9 Å². The number of halogens is 1. The Labute approximate surface area is 120 Å². The van der Waals surface area contributed by atoms with Crippen molar-refractivity contribution in [2.45, 2.75) is 13.8 Å². The largest absolute Gasteiger partial charge is 0.384 e. The summed E-state index contributed by atoms with van der Waals surface area (Å²) in [6.07, 6.45) is 0. The number of benzene rings is 1. The van der Waals surface area contributed by atoms with Gasteiger partial charge in [0, 0.05) is 4.47 Å². The molecule has 0 aliphatic rings. The maximum atomic E-state index is 12.1. The fourth-order valence-corrected chi connectivity index (χ4v) is 2.60. The number of hydrogen-bond donors (Lipinski definition) is 2. The summed E-state index contributed by atoms with van der Waals surface area (Å²) in [5, 5.41) is 2.85. The Balaban J connectivity index is 2.29. The first-order valence-corrected chi connectivity index (χ1v) is 6.57. The molecule has 2 rings (SSSR count). The van der Waals surface area contributed by atoms with Crippen molar-refractivity contribution in [2.24, 2.45) is 0 Å². The number of nitrogen functional groups attached to an aromatic ring is 1. The summed E-state index contributed by atoms with van der Waals surface area (Å²) in [5.41, 5.74) is 8.74. The summed E-state index contributed by atoms with van der Waals surface area (Å²) in [5.74, 6) is 0.0484. The maximum Gasteiger partial charge on any atom is 0.274 e. The van der Waals surface area contributed by atoms with Crippen LogP contribution in [-0.2, 0) is 0 Å². The van der Waals surface area contributed by atoms with Crippen molar-refractivity contribution < 1.29 is 4.79 Å². The van der Waals surface area contributed by atoms with Gasteiger partial charge in [-0.05, 0) is 59.1 Å². The van der Waals surface area contributed by atoms with E-state index in [4.69, 9.17) is 5.73 Å². The molecule has 1 aromatic heterocycles. The Morgan fingerprint density at radius 1 is 1.32 bits per heavy atom. The van der Waals surface area contributed by atoms with Gasteiger partial charge in [0.2, 0.25) is 0 Å². The summed E-state index contributed by atoms with van der Waals surface area (Å²) < 4.78 is 0.849. The fraction of sp³-hybridized carbons (Fsp3) is 0.143. The number of carbonyl (C=O) groups excluding carboxylic acids is 1. The number of hydrogen-bond acceptors (Lipinski definition) is 3. The minimum absolute atomic E-state index is 0.278.